The number of likely N-dealkylation sites (tertiary alicyclic amines) is 1. The summed E-state index contributed by atoms with van der Waals surface area (Å²) in [6.07, 6.45) is 7.11. The van der Waals surface area contributed by atoms with Crippen LogP contribution in [-0.2, 0) is 0 Å². The molecule has 4 rings (SSSR count). The van der Waals surface area contributed by atoms with E-state index in [0.717, 1.165) is 35.6 Å². The molecule has 0 unspecified atom stereocenters. The average Bonchev–Trinajstić information content (AvgIpc) is 3.05. The number of fused-ring (bicyclic) bond motifs is 1. The molecule has 4 heterocycles. The van der Waals surface area contributed by atoms with Gasteiger partial charge in [0, 0.05) is 37.1 Å². The molecule has 1 aliphatic rings. The molecule has 3 aromatic heterocycles. The molecule has 1 fully saturated rings. The zero-order chi connectivity index (χ0) is 17.2. The number of piperidine rings is 1. The second kappa shape index (κ2) is 6.51. The Morgan fingerprint density at radius 1 is 1.24 bits per heavy atom. The zero-order valence-electron chi connectivity index (χ0n) is 14.1. The van der Waals surface area contributed by atoms with Crippen LogP contribution in [0.25, 0.3) is 5.52 Å². The molecule has 0 bridgehead atoms. The Bertz CT molecular complexity index is 897. The van der Waals surface area contributed by atoms with Crippen LogP contribution in [0.1, 0.15) is 30.3 Å². The minimum atomic E-state index is -0.0811. The van der Waals surface area contributed by atoms with Crippen molar-refractivity contribution in [3.05, 3.63) is 54.4 Å². The zero-order valence-corrected chi connectivity index (χ0v) is 14.1. The van der Waals surface area contributed by atoms with E-state index >= 15 is 0 Å². The third-order valence-corrected chi connectivity index (χ3v) is 4.63. The van der Waals surface area contributed by atoms with Gasteiger partial charge in [-0.2, -0.15) is 5.10 Å². The first-order valence-electron chi connectivity index (χ1n) is 8.48. The largest absolute Gasteiger partial charge is 0.324 e. The van der Waals surface area contributed by atoms with Crippen molar-refractivity contribution in [3.63, 3.8) is 0 Å². The molecular formula is C18H20N6O. The maximum atomic E-state index is 12.6. The lowest BCUT2D eigenvalue weighted by Crippen LogP contribution is -2.40. The van der Waals surface area contributed by atoms with E-state index in [-0.39, 0.29) is 6.03 Å². The molecule has 2 amide bonds. The lowest BCUT2D eigenvalue weighted by molar-refractivity contribution is 0.193. The molecule has 25 heavy (non-hydrogen) atoms. The average molecular weight is 336 g/mol. The van der Waals surface area contributed by atoms with E-state index in [1.54, 1.807) is 10.7 Å². The molecular weight excluding hydrogens is 316 g/mol. The number of urea groups is 1. The summed E-state index contributed by atoms with van der Waals surface area (Å²) >= 11 is 0. The third kappa shape index (κ3) is 3.17. The second-order valence-electron chi connectivity index (χ2n) is 6.34. The number of carbonyl (C=O) groups is 1. The van der Waals surface area contributed by atoms with Crippen LogP contribution in [0, 0.1) is 6.92 Å². The van der Waals surface area contributed by atoms with Gasteiger partial charge in [-0.1, -0.05) is 6.07 Å². The number of hydrogen-bond donors (Lipinski definition) is 1. The second-order valence-corrected chi connectivity index (χ2v) is 6.34. The van der Waals surface area contributed by atoms with Crippen molar-refractivity contribution in [1.29, 1.82) is 0 Å². The van der Waals surface area contributed by atoms with Crippen molar-refractivity contribution < 1.29 is 4.79 Å². The SMILES string of the molecule is Cc1ccnc(C2CCN(C(=O)Nc3cnn4ccccc34)CC2)n1. The number of pyridine rings is 1. The van der Waals surface area contributed by atoms with Crippen LogP contribution < -0.4 is 5.32 Å². The first-order valence-corrected chi connectivity index (χ1v) is 8.48. The molecule has 1 aliphatic heterocycles. The van der Waals surface area contributed by atoms with E-state index in [4.69, 9.17) is 0 Å². The molecule has 0 radical (unpaired) electrons. The van der Waals surface area contributed by atoms with Crippen LogP contribution in [0.3, 0.4) is 0 Å². The van der Waals surface area contributed by atoms with Gasteiger partial charge in [-0.15, -0.1) is 0 Å². The van der Waals surface area contributed by atoms with Crippen molar-refractivity contribution in [2.75, 3.05) is 18.4 Å². The first-order chi connectivity index (χ1) is 12.2. The summed E-state index contributed by atoms with van der Waals surface area (Å²) in [5.74, 6) is 1.21. The number of amides is 2. The van der Waals surface area contributed by atoms with Gasteiger partial charge in [0.2, 0.25) is 0 Å². The highest BCUT2D eigenvalue weighted by Crippen LogP contribution is 2.26. The monoisotopic (exact) mass is 336 g/mol. The summed E-state index contributed by atoms with van der Waals surface area (Å²) in [5.41, 5.74) is 2.60. The molecule has 0 saturated carbocycles. The lowest BCUT2D eigenvalue weighted by atomic mass is 9.96. The maximum absolute atomic E-state index is 12.6. The van der Waals surface area contributed by atoms with Gasteiger partial charge in [-0.25, -0.2) is 19.3 Å². The summed E-state index contributed by atoms with van der Waals surface area (Å²) in [6, 6.07) is 7.60. The fourth-order valence-corrected chi connectivity index (χ4v) is 3.23. The molecule has 3 aromatic rings. The fraction of sp³-hybridized carbons (Fsp3) is 0.333. The van der Waals surface area contributed by atoms with Gasteiger partial charge in [0.25, 0.3) is 0 Å². The number of hydrogen-bond acceptors (Lipinski definition) is 4. The number of nitrogens with zero attached hydrogens (tertiary/aromatic N) is 5. The van der Waals surface area contributed by atoms with E-state index in [1.807, 2.05) is 48.5 Å². The van der Waals surface area contributed by atoms with E-state index < -0.39 is 0 Å². The summed E-state index contributed by atoms with van der Waals surface area (Å²) in [5, 5.41) is 7.21. The predicted molar refractivity (Wildman–Crippen MR) is 94.5 cm³/mol. The van der Waals surface area contributed by atoms with Gasteiger partial charge < -0.3 is 10.2 Å². The van der Waals surface area contributed by atoms with E-state index in [1.165, 1.54) is 0 Å². The van der Waals surface area contributed by atoms with Crippen molar-refractivity contribution >= 4 is 17.2 Å². The number of nitrogens with one attached hydrogen (secondary N) is 1. The Labute approximate surface area is 145 Å². The van der Waals surface area contributed by atoms with Gasteiger partial charge in [0.15, 0.2) is 0 Å². The Balaban J connectivity index is 1.40. The minimum absolute atomic E-state index is 0.0811. The molecule has 7 heteroatoms. The quantitative estimate of drug-likeness (QED) is 0.781. The molecule has 0 aliphatic carbocycles. The number of anilines is 1. The highest BCUT2D eigenvalue weighted by Gasteiger charge is 2.25. The highest BCUT2D eigenvalue weighted by atomic mass is 16.2. The number of carbonyl (C=O) groups excluding carboxylic acids is 1. The number of aryl methyl sites for hydroxylation is 1. The molecule has 1 saturated heterocycles. The van der Waals surface area contributed by atoms with E-state index in [2.05, 4.69) is 20.4 Å². The van der Waals surface area contributed by atoms with Crippen LogP contribution in [0.15, 0.2) is 42.9 Å². The number of rotatable bonds is 2. The van der Waals surface area contributed by atoms with Crippen LogP contribution in [0.5, 0.6) is 0 Å². The summed E-state index contributed by atoms with van der Waals surface area (Å²) < 4.78 is 1.75. The third-order valence-electron chi connectivity index (χ3n) is 4.63. The molecule has 0 aromatic carbocycles. The van der Waals surface area contributed by atoms with Gasteiger partial charge in [-0.3, -0.25) is 0 Å². The smallest absolute Gasteiger partial charge is 0.321 e. The summed E-state index contributed by atoms with van der Waals surface area (Å²) in [7, 11) is 0. The van der Waals surface area contributed by atoms with Crippen LogP contribution in [-0.4, -0.2) is 43.6 Å². The molecule has 128 valence electrons. The van der Waals surface area contributed by atoms with Crippen molar-refractivity contribution in [3.8, 4) is 0 Å². The molecule has 7 nitrogen and oxygen atoms in total. The van der Waals surface area contributed by atoms with Crippen LogP contribution >= 0.6 is 0 Å². The summed E-state index contributed by atoms with van der Waals surface area (Å²) in [4.78, 5) is 23.3. The molecule has 1 N–H and O–H groups in total. The van der Waals surface area contributed by atoms with E-state index in [9.17, 15) is 4.79 Å². The normalized spacial score (nSPS) is 15.5. The van der Waals surface area contributed by atoms with Gasteiger partial charge in [0.1, 0.15) is 5.82 Å². The van der Waals surface area contributed by atoms with Gasteiger partial charge >= 0.3 is 6.03 Å². The Kier molecular flexibility index (Phi) is 4.05. The minimum Gasteiger partial charge on any atom is -0.324 e. The Hall–Kier alpha value is -2.96. The lowest BCUT2D eigenvalue weighted by Gasteiger charge is -2.31. The summed E-state index contributed by atoms with van der Waals surface area (Å²) in [6.45, 7) is 3.38. The van der Waals surface area contributed by atoms with E-state index in [0.29, 0.717) is 19.0 Å². The van der Waals surface area contributed by atoms with Crippen molar-refractivity contribution in [2.45, 2.75) is 25.7 Å². The predicted octanol–water partition coefficient (Wildman–Crippen LogP) is 2.84. The molecule has 0 atom stereocenters. The molecule has 0 spiro atoms. The fourth-order valence-electron chi connectivity index (χ4n) is 3.23. The van der Waals surface area contributed by atoms with Crippen molar-refractivity contribution in [1.82, 2.24) is 24.5 Å². The van der Waals surface area contributed by atoms with Crippen LogP contribution in [0.2, 0.25) is 0 Å². The first kappa shape index (κ1) is 15.6. The van der Waals surface area contributed by atoms with Gasteiger partial charge in [0.05, 0.1) is 17.4 Å². The highest BCUT2D eigenvalue weighted by molar-refractivity contribution is 5.93. The Morgan fingerprint density at radius 2 is 2.08 bits per heavy atom. The van der Waals surface area contributed by atoms with Crippen LogP contribution in [0.4, 0.5) is 10.5 Å². The Morgan fingerprint density at radius 3 is 2.88 bits per heavy atom. The van der Waals surface area contributed by atoms with Gasteiger partial charge in [-0.05, 0) is 38.0 Å². The standard InChI is InChI=1S/C18H20N6O/c1-13-5-8-19-17(21-13)14-6-10-23(11-7-14)18(25)22-15-12-20-24-9-3-2-4-16(15)24/h2-5,8-9,12,14H,6-7,10-11H2,1H3,(H,22,25). The number of aromatic nitrogens is 4. The maximum Gasteiger partial charge on any atom is 0.321 e. The van der Waals surface area contributed by atoms with Crippen molar-refractivity contribution in [2.24, 2.45) is 0 Å². The topological polar surface area (TPSA) is 75.4 Å².